The maximum atomic E-state index is 11.6. The number of carbonyl (C=O) groups is 1. The Morgan fingerprint density at radius 1 is 0.917 bits per heavy atom. The topological polar surface area (TPSA) is 107 Å². The summed E-state index contributed by atoms with van der Waals surface area (Å²) in [5, 5.41) is 7.53. The Hall–Kier alpha value is -3.93. The summed E-state index contributed by atoms with van der Waals surface area (Å²) in [7, 11) is 4.97. The second kappa shape index (κ2) is 13.9. The van der Waals surface area contributed by atoms with Crippen LogP contribution in [0.25, 0.3) is 33.6 Å². The molecule has 2 saturated heterocycles. The first kappa shape index (κ1) is 32.6. The fourth-order valence-electron chi connectivity index (χ4n) is 6.61. The van der Waals surface area contributed by atoms with Gasteiger partial charge in [-0.25, -0.2) is 9.97 Å². The van der Waals surface area contributed by atoms with Crippen molar-refractivity contribution in [2.24, 2.45) is 0 Å². The molecular formula is C36H37Cl2N5O5. The molecule has 10 nitrogen and oxygen atoms in total. The number of hydrogen-bond acceptors (Lipinski definition) is 9. The van der Waals surface area contributed by atoms with Crippen molar-refractivity contribution in [3.05, 3.63) is 75.8 Å². The van der Waals surface area contributed by atoms with Crippen molar-refractivity contribution in [1.82, 2.24) is 25.5 Å². The number of aromatic nitrogens is 2. The van der Waals surface area contributed by atoms with Gasteiger partial charge in [0.1, 0.15) is 12.4 Å². The summed E-state index contributed by atoms with van der Waals surface area (Å²) in [6, 6.07) is 17.5. The van der Waals surface area contributed by atoms with Crippen molar-refractivity contribution in [1.29, 1.82) is 0 Å². The molecule has 3 aliphatic rings. The first-order valence-corrected chi connectivity index (χ1v) is 16.7. The van der Waals surface area contributed by atoms with Crippen LogP contribution in [0.1, 0.15) is 30.0 Å². The number of carbonyl (C=O) groups excluding carboxylic acids is 1. The third-order valence-electron chi connectivity index (χ3n) is 9.25. The number of benzene rings is 2. The highest BCUT2D eigenvalue weighted by molar-refractivity contribution is 6.39. The normalized spacial score (nSPS) is 19.1. The summed E-state index contributed by atoms with van der Waals surface area (Å²) in [4.78, 5) is 23.6. The average molecular weight is 691 g/mol. The molecule has 7 rings (SSSR count). The second-order valence-corrected chi connectivity index (χ2v) is 13.0. The van der Waals surface area contributed by atoms with E-state index in [1.54, 1.807) is 21.3 Å². The fraction of sp³-hybridized carbons (Fsp3) is 0.361. The summed E-state index contributed by atoms with van der Waals surface area (Å²) < 4.78 is 22.9. The van der Waals surface area contributed by atoms with Gasteiger partial charge in [0.25, 0.3) is 0 Å². The van der Waals surface area contributed by atoms with Gasteiger partial charge >= 0.3 is 0 Å². The minimum atomic E-state index is -0.114. The number of pyridine rings is 2. The number of fused-ring (bicyclic) bond motifs is 1. The van der Waals surface area contributed by atoms with Gasteiger partial charge in [0.05, 0.1) is 53.4 Å². The molecule has 0 spiro atoms. The highest BCUT2D eigenvalue weighted by atomic mass is 35.5. The van der Waals surface area contributed by atoms with Gasteiger partial charge < -0.3 is 29.6 Å². The molecule has 5 heterocycles. The van der Waals surface area contributed by atoms with Crippen molar-refractivity contribution in [3.8, 4) is 51.2 Å². The number of nitrogens with one attached hydrogen (secondary N) is 2. The number of ether oxygens (including phenoxy) is 4. The molecular weight excluding hydrogens is 653 g/mol. The molecule has 2 aromatic heterocycles. The van der Waals surface area contributed by atoms with E-state index in [9.17, 15) is 4.79 Å². The maximum Gasteiger partial charge on any atom is 0.222 e. The summed E-state index contributed by atoms with van der Waals surface area (Å²) in [6.07, 6.45) is 1.65. The lowest BCUT2D eigenvalue weighted by Crippen LogP contribution is -2.50. The van der Waals surface area contributed by atoms with Crippen LogP contribution >= 0.6 is 23.2 Å². The molecule has 2 atom stereocenters. The van der Waals surface area contributed by atoms with Gasteiger partial charge in [-0.05, 0) is 12.5 Å². The zero-order chi connectivity index (χ0) is 33.4. The first-order valence-electron chi connectivity index (χ1n) is 16.0. The lowest BCUT2D eigenvalue weighted by atomic mass is 9.97. The van der Waals surface area contributed by atoms with Gasteiger partial charge in [-0.15, -0.1) is 0 Å². The summed E-state index contributed by atoms with van der Waals surface area (Å²) >= 11 is 14.2. The first-order chi connectivity index (χ1) is 23.4. The largest absolute Gasteiger partial charge is 0.491 e. The average Bonchev–Trinajstić information content (AvgIpc) is 3.70. The second-order valence-electron chi connectivity index (χ2n) is 12.3. The van der Waals surface area contributed by atoms with E-state index in [2.05, 4.69) is 15.5 Å². The predicted molar refractivity (Wildman–Crippen MR) is 185 cm³/mol. The van der Waals surface area contributed by atoms with Crippen LogP contribution < -0.4 is 24.8 Å². The quantitative estimate of drug-likeness (QED) is 0.198. The lowest BCUT2D eigenvalue weighted by Gasteiger charge is -2.38. The van der Waals surface area contributed by atoms with E-state index in [1.807, 2.05) is 54.6 Å². The van der Waals surface area contributed by atoms with Gasteiger partial charge in [0.15, 0.2) is 0 Å². The molecule has 2 N–H and O–H groups in total. The van der Waals surface area contributed by atoms with Crippen LogP contribution in [0, 0.1) is 0 Å². The lowest BCUT2D eigenvalue weighted by molar-refractivity contribution is -0.119. The van der Waals surface area contributed by atoms with E-state index in [0.717, 1.165) is 59.4 Å². The number of amides is 1. The van der Waals surface area contributed by atoms with Crippen molar-refractivity contribution >= 4 is 29.1 Å². The maximum absolute atomic E-state index is 11.6. The Morgan fingerprint density at radius 3 is 2.23 bits per heavy atom. The minimum absolute atomic E-state index is 0.0889. The van der Waals surface area contributed by atoms with Crippen molar-refractivity contribution in [2.75, 3.05) is 47.6 Å². The highest BCUT2D eigenvalue weighted by Gasteiger charge is 2.32. The SMILES string of the molecule is COc1nc(-c2cccc(-c3cccc(-c4cc5c(c(OC)n4)[C@@H](NC[C@@H]4CCC(=O)N4)CO5)c3Cl)c2Cl)ccc1CN1CC(OC)C1. The molecule has 0 radical (unpaired) electrons. The minimum Gasteiger partial charge on any atom is -0.491 e. The fourth-order valence-corrected chi connectivity index (χ4v) is 7.26. The molecule has 0 bridgehead atoms. The van der Waals surface area contributed by atoms with Gasteiger partial charge in [0, 0.05) is 79.6 Å². The van der Waals surface area contributed by atoms with Crippen LogP contribution in [-0.2, 0) is 16.1 Å². The molecule has 2 fully saturated rings. The molecule has 1 amide bonds. The Bertz CT molecular complexity index is 1850. The molecule has 0 unspecified atom stereocenters. The van der Waals surface area contributed by atoms with Crippen LogP contribution in [0.15, 0.2) is 54.6 Å². The molecule has 12 heteroatoms. The van der Waals surface area contributed by atoms with Crippen LogP contribution in [0.4, 0.5) is 0 Å². The number of rotatable bonds is 11. The zero-order valence-electron chi connectivity index (χ0n) is 27.0. The van der Waals surface area contributed by atoms with E-state index in [4.69, 9.17) is 52.1 Å². The third-order valence-corrected chi connectivity index (χ3v) is 10.1. The highest BCUT2D eigenvalue weighted by Crippen LogP contribution is 2.45. The number of halogens is 2. The number of likely N-dealkylation sites (tertiary alicyclic amines) is 1. The van der Waals surface area contributed by atoms with Crippen LogP contribution in [0.5, 0.6) is 17.5 Å². The van der Waals surface area contributed by atoms with Gasteiger partial charge in [-0.1, -0.05) is 65.7 Å². The Kier molecular flexibility index (Phi) is 9.44. The van der Waals surface area contributed by atoms with Crippen molar-refractivity contribution in [3.63, 3.8) is 0 Å². The molecule has 48 heavy (non-hydrogen) atoms. The summed E-state index contributed by atoms with van der Waals surface area (Å²) in [5.41, 5.74) is 6.20. The Labute approximate surface area is 289 Å². The Morgan fingerprint density at radius 2 is 1.58 bits per heavy atom. The van der Waals surface area contributed by atoms with Crippen LogP contribution in [-0.4, -0.2) is 80.5 Å². The van der Waals surface area contributed by atoms with E-state index < -0.39 is 0 Å². The summed E-state index contributed by atoms with van der Waals surface area (Å²) in [6.45, 7) is 3.57. The molecule has 0 saturated carbocycles. The predicted octanol–water partition coefficient (Wildman–Crippen LogP) is 5.93. The number of hydrogen-bond donors (Lipinski definition) is 2. The Balaban J connectivity index is 1.16. The van der Waals surface area contributed by atoms with Crippen LogP contribution in [0.3, 0.4) is 0 Å². The van der Waals surface area contributed by atoms with E-state index in [1.165, 1.54) is 0 Å². The van der Waals surface area contributed by atoms with Gasteiger partial charge in [-0.3, -0.25) is 9.69 Å². The molecule has 2 aromatic carbocycles. The standard InChI is InChI=1S/C36H37Cl2N5O5/c1-45-22-17-43(18-22)16-20-10-12-27(41-35(20)46-2)25-8-4-6-23(33(25)37)24-7-5-9-26(34(24)38)28-14-30-32(36(42-28)47-3)29(19-48-30)39-15-21-11-13-31(44)40-21/h4-10,12,14,21-22,29,39H,11,13,15-19H2,1-3H3,(H,40,44)/t21-,29-/m0/s1. The van der Waals surface area contributed by atoms with E-state index >= 15 is 0 Å². The van der Waals surface area contributed by atoms with E-state index in [0.29, 0.717) is 58.5 Å². The van der Waals surface area contributed by atoms with E-state index in [-0.39, 0.29) is 24.1 Å². The molecule has 4 aromatic rings. The molecule has 0 aliphatic carbocycles. The van der Waals surface area contributed by atoms with Gasteiger partial charge in [0.2, 0.25) is 17.7 Å². The number of methoxy groups -OCH3 is 3. The monoisotopic (exact) mass is 689 g/mol. The van der Waals surface area contributed by atoms with Crippen molar-refractivity contribution in [2.45, 2.75) is 37.6 Å². The number of nitrogens with zero attached hydrogens (tertiary/aromatic N) is 3. The van der Waals surface area contributed by atoms with Gasteiger partial charge in [-0.2, -0.15) is 0 Å². The summed E-state index contributed by atoms with van der Waals surface area (Å²) in [5.74, 6) is 1.80. The zero-order valence-corrected chi connectivity index (χ0v) is 28.5. The third kappa shape index (κ3) is 6.31. The van der Waals surface area contributed by atoms with Crippen molar-refractivity contribution < 1.29 is 23.7 Å². The molecule has 3 aliphatic heterocycles. The smallest absolute Gasteiger partial charge is 0.222 e. The molecule has 250 valence electrons. The van der Waals surface area contributed by atoms with Crippen LogP contribution in [0.2, 0.25) is 10.0 Å².